The second-order valence-electron chi connectivity index (χ2n) is 4.31. The first kappa shape index (κ1) is 12.7. The van der Waals surface area contributed by atoms with Crippen LogP contribution in [-0.4, -0.2) is 10.9 Å². The Morgan fingerprint density at radius 1 is 1.40 bits per heavy atom. The molecule has 3 heteroatoms. The maximum atomic E-state index is 12.9. The molecule has 1 nitrogen and oxygen atoms in total. The third-order valence-electron chi connectivity index (χ3n) is 2.38. The second-order valence-corrected chi connectivity index (χ2v) is 5.10. The van der Waals surface area contributed by atoms with E-state index in [0.717, 1.165) is 17.3 Å². The van der Waals surface area contributed by atoms with E-state index in [2.05, 4.69) is 35.1 Å². The Morgan fingerprint density at radius 2 is 2.13 bits per heavy atom. The monoisotopic (exact) mass is 273 g/mol. The summed E-state index contributed by atoms with van der Waals surface area (Å²) in [6.07, 6.45) is 1.04. The fourth-order valence-electron chi connectivity index (χ4n) is 1.31. The van der Waals surface area contributed by atoms with Crippen molar-refractivity contribution in [1.82, 2.24) is 5.32 Å². The number of alkyl halides is 1. The van der Waals surface area contributed by atoms with Gasteiger partial charge in [-0.15, -0.1) is 0 Å². The quantitative estimate of drug-likeness (QED) is 0.810. The Kier molecular flexibility index (Phi) is 4.74. The lowest BCUT2D eigenvalue weighted by Crippen LogP contribution is -2.38. The van der Waals surface area contributed by atoms with Crippen LogP contribution in [0.15, 0.2) is 24.3 Å². The standard InChI is InChI=1S/C12H17BrFN/c1-12(2,6-7-13)15-9-10-4-3-5-11(14)8-10/h3-5,8,15H,6-7,9H2,1-2H3. The zero-order chi connectivity index (χ0) is 11.3. The highest BCUT2D eigenvalue weighted by molar-refractivity contribution is 9.09. The third kappa shape index (κ3) is 4.76. The van der Waals surface area contributed by atoms with Crippen LogP contribution in [0.25, 0.3) is 0 Å². The maximum absolute atomic E-state index is 12.9. The predicted molar refractivity (Wildman–Crippen MR) is 65.7 cm³/mol. The number of nitrogens with one attached hydrogen (secondary N) is 1. The van der Waals surface area contributed by atoms with E-state index >= 15 is 0 Å². The van der Waals surface area contributed by atoms with Gasteiger partial charge in [0.15, 0.2) is 0 Å². The van der Waals surface area contributed by atoms with Crippen molar-refractivity contribution in [3.63, 3.8) is 0 Å². The first-order valence-corrected chi connectivity index (χ1v) is 6.21. The Morgan fingerprint density at radius 3 is 2.73 bits per heavy atom. The van der Waals surface area contributed by atoms with Gasteiger partial charge in [0.25, 0.3) is 0 Å². The van der Waals surface area contributed by atoms with Gasteiger partial charge >= 0.3 is 0 Å². The number of benzene rings is 1. The van der Waals surface area contributed by atoms with Gasteiger partial charge < -0.3 is 5.32 Å². The summed E-state index contributed by atoms with van der Waals surface area (Å²) < 4.78 is 12.9. The van der Waals surface area contributed by atoms with E-state index in [1.807, 2.05) is 6.07 Å². The van der Waals surface area contributed by atoms with Gasteiger partial charge in [-0.1, -0.05) is 28.1 Å². The molecule has 0 amide bonds. The van der Waals surface area contributed by atoms with E-state index in [1.165, 1.54) is 6.07 Å². The smallest absolute Gasteiger partial charge is 0.123 e. The summed E-state index contributed by atoms with van der Waals surface area (Å²) in [4.78, 5) is 0. The third-order valence-corrected chi connectivity index (χ3v) is 2.78. The summed E-state index contributed by atoms with van der Waals surface area (Å²) in [5, 5.41) is 4.38. The lowest BCUT2D eigenvalue weighted by Gasteiger charge is -2.25. The summed E-state index contributed by atoms with van der Waals surface area (Å²) in [7, 11) is 0. The maximum Gasteiger partial charge on any atom is 0.123 e. The average molecular weight is 274 g/mol. The zero-order valence-corrected chi connectivity index (χ0v) is 10.8. The van der Waals surface area contributed by atoms with Crippen molar-refractivity contribution < 1.29 is 4.39 Å². The molecular weight excluding hydrogens is 257 g/mol. The molecule has 84 valence electrons. The van der Waals surface area contributed by atoms with Crippen LogP contribution in [0.1, 0.15) is 25.8 Å². The largest absolute Gasteiger partial charge is 0.308 e. The Bertz CT molecular complexity index is 312. The fourth-order valence-corrected chi connectivity index (χ4v) is 2.30. The molecule has 0 saturated carbocycles. The lowest BCUT2D eigenvalue weighted by atomic mass is 10.0. The van der Waals surface area contributed by atoms with Crippen LogP contribution in [0, 0.1) is 5.82 Å². The molecule has 0 aliphatic heterocycles. The highest BCUT2D eigenvalue weighted by atomic mass is 79.9. The molecule has 1 N–H and O–H groups in total. The van der Waals surface area contributed by atoms with Gasteiger partial charge in [0.2, 0.25) is 0 Å². The molecule has 0 unspecified atom stereocenters. The van der Waals surface area contributed by atoms with E-state index in [0.29, 0.717) is 6.54 Å². The molecule has 0 aliphatic carbocycles. The normalized spacial score (nSPS) is 11.7. The van der Waals surface area contributed by atoms with Gasteiger partial charge in [-0.2, -0.15) is 0 Å². The second kappa shape index (κ2) is 5.61. The number of hydrogen-bond donors (Lipinski definition) is 1. The van der Waals surface area contributed by atoms with Crippen molar-refractivity contribution in [3.8, 4) is 0 Å². The highest BCUT2D eigenvalue weighted by Gasteiger charge is 2.15. The van der Waals surface area contributed by atoms with Crippen LogP contribution >= 0.6 is 15.9 Å². The van der Waals surface area contributed by atoms with E-state index in [4.69, 9.17) is 0 Å². The minimum Gasteiger partial charge on any atom is -0.308 e. The van der Waals surface area contributed by atoms with E-state index < -0.39 is 0 Å². The topological polar surface area (TPSA) is 12.0 Å². The number of halogens is 2. The van der Waals surface area contributed by atoms with Crippen LogP contribution in [0.2, 0.25) is 0 Å². The summed E-state index contributed by atoms with van der Waals surface area (Å²) in [6.45, 7) is 5.00. The average Bonchev–Trinajstić information content (AvgIpc) is 2.15. The van der Waals surface area contributed by atoms with Crippen LogP contribution in [0.5, 0.6) is 0 Å². The molecule has 0 atom stereocenters. The van der Waals surface area contributed by atoms with Crippen LogP contribution in [0.4, 0.5) is 4.39 Å². The molecular formula is C12H17BrFN. The summed E-state index contributed by atoms with van der Waals surface area (Å²) in [5.74, 6) is -0.174. The molecule has 1 aromatic rings. The van der Waals surface area contributed by atoms with Gasteiger partial charge in [0, 0.05) is 17.4 Å². The lowest BCUT2D eigenvalue weighted by molar-refractivity contribution is 0.377. The number of rotatable bonds is 5. The summed E-state index contributed by atoms with van der Waals surface area (Å²) in [5.41, 5.74) is 1.06. The SMILES string of the molecule is CC(C)(CCBr)NCc1cccc(F)c1. The molecule has 15 heavy (non-hydrogen) atoms. The van der Waals surface area contributed by atoms with Gasteiger partial charge in [-0.05, 0) is 38.0 Å². The highest BCUT2D eigenvalue weighted by Crippen LogP contribution is 2.12. The predicted octanol–water partition coefficient (Wildman–Crippen LogP) is 3.48. The zero-order valence-electron chi connectivity index (χ0n) is 9.19. The first-order valence-electron chi connectivity index (χ1n) is 5.09. The first-order chi connectivity index (χ1) is 7.03. The van der Waals surface area contributed by atoms with Crippen molar-refractivity contribution in [2.24, 2.45) is 0 Å². The molecule has 0 heterocycles. The van der Waals surface area contributed by atoms with Gasteiger partial charge in [0.05, 0.1) is 0 Å². The van der Waals surface area contributed by atoms with Crippen molar-refractivity contribution in [2.75, 3.05) is 5.33 Å². The molecule has 0 saturated heterocycles. The van der Waals surface area contributed by atoms with Gasteiger partial charge in [-0.3, -0.25) is 0 Å². The van der Waals surface area contributed by atoms with Crippen molar-refractivity contribution >= 4 is 15.9 Å². The molecule has 0 radical (unpaired) electrons. The molecule has 0 spiro atoms. The van der Waals surface area contributed by atoms with Crippen LogP contribution in [0.3, 0.4) is 0 Å². The molecule has 0 fully saturated rings. The molecule has 0 bridgehead atoms. The molecule has 0 aliphatic rings. The van der Waals surface area contributed by atoms with E-state index in [9.17, 15) is 4.39 Å². The van der Waals surface area contributed by atoms with E-state index in [1.54, 1.807) is 12.1 Å². The molecule has 0 aromatic heterocycles. The summed E-state index contributed by atoms with van der Waals surface area (Å²) in [6, 6.07) is 6.70. The number of hydrogen-bond acceptors (Lipinski definition) is 1. The fraction of sp³-hybridized carbons (Fsp3) is 0.500. The van der Waals surface area contributed by atoms with Crippen LogP contribution < -0.4 is 5.32 Å². The Balaban J connectivity index is 2.49. The minimum atomic E-state index is -0.174. The van der Waals surface area contributed by atoms with Gasteiger partial charge in [-0.25, -0.2) is 4.39 Å². The minimum absolute atomic E-state index is 0.0792. The van der Waals surface area contributed by atoms with Crippen molar-refractivity contribution in [3.05, 3.63) is 35.6 Å². The summed E-state index contributed by atoms with van der Waals surface area (Å²) >= 11 is 3.42. The van der Waals surface area contributed by atoms with Crippen molar-refractivity contribution in [1.29, 1.82) is 0 Å². The Labute approximate surface area is 99.2 Å². The van der Waals surface area contributed by atoms with Crippen LogP contribution in [-0.2, 0) is 6.54 Å². The molecule has 1 aromatic carbocycles. The molecule has 1 rings (SSSR count). The van der Waals surface area contributed by atoms with Crippen molar-refractivity contribution in [2.45, 2.75) is 32.4 Å². The Hall–Kier alpha value is -0.410. The van der Waals surface area contributed by atoms with E-state index in [-0.39, 0.29) is 11.4 Å². The van der Waals surface area contributed by atoms with Gasteiger partial charge in [0.1, 0.15) is 5.82 Å².